The zero-order valence-corrected chi connectivity index (χ0v) is 15.2. The highest BCUT2D eigenvalue weighted by molar-refractivity contribution is 5.92. The Kier molecular flexibility index (Phi) is 5.29. The number of rotatable bonds is 6. The average Bonchev–Trinajstić information content (AvgIpc) is 3.37. The predicted octanol–water partition coefficient (Wildman–Crippen LogP) is 1.98. The molecule has 1 amide bonds. The van der Waals surface area contributed by atoms with Crippen molar-refractivity contribution in [2.24, 2.45) is 0 Å². The molecule has 1 unspecified atom stereocenters. The fraction of sp³-hybridized carbons (Fsp3) is 0.350. The van der Waals surface area contributed by atoms with E-state index in [1.807, 2.05) is 40.0 Å². The number of piperidine rings is 1. The van der Waals surface area contributed by atoms with Crippen molar-refractivity contribution < 1.29 is 4.79 Å². The first-order valence-corrected chi connectivity index (χ1v) is 9.37. The van der Waals surface area contributed by atoms with Crippen LogP contribution >= 0.6 is 0 Å². The fourth-order valence-electron chi connectivity index (χ4n) is 3.35. The topological polar surface area (TPSA) is 76.8 Å². The highest BCUT2D eigenvalue weighted by Gasteiger charge is 2.17. The summed E-state index contributed by atoms with van der Waals surface area (Å²) in [5, 5.41) is 15.1. The number of hydrogen-bond donors (Lipinski definition) is 2. The Balaban J connectivity index is 1.31. The van der Waals surface area contributed by atoms with Crippen molar-refractivity contribution in [3.8, 4) is 0 Å². The van der Waals surface area contributed by atoms with Crippen LogP contribution in [0.2, 0.25) is 0 Å². The van der Waals surface area contributed by atoms with E-state index in [0.29, 0.717) is 24.8 Å². The second-order valence-corrected chi connectivity index (χ2v) is 6.90. The van der Waals surface area contributed by atoms with Crippen LogP contribution in [-0.2, 0) is 13.1 Å². The van der Waals surface area contributed by atoms with E-state index >= 15 is 0 Å². The molecule has 1 aliphatic heterocycles. The lowest BCUT2D eigenvalue weighted by Crippen LogP contribution is -2.32. The predicted molar refractivity (Wildman–Crippen MR) is 102 cm³/mol. The van der Waals surface area contributed by atoms with Crippen LogP contribution in [-0.4, -0.2) is 38.6 Å². The number of aromatic nitrogens is 4. The molecule has 0 saturated carbocycles. The van der Waals surface area contributed by atoms with E-state index in [1.54, 1.807) is 12.3 Å². The lowest BCUT2D eigenvalue weighted by Gasteiger charge is -2.22. The Morgan fingerprint density at radius 1 is 1.22 bits per heavy atom. The van der Waals surface area contributed by atoms with Crippen molar-refractivity contribution in [3.05, 3.63) is 71.8 Å². The van der Waals surface area contributed by atoms with Crippen molar-refractivity contribution in [3.63, 3.8) is 0 Å². The molecule has 1 atom stereocenters. The summed E-state index contributed by atoms with van der Waals surface area (Å²) >= 11 is 0. The number of carbonyl (C=O) groups excluding carboxylic acids is 1. The van der Waals surface area contributed by atoms with Gasteiger partial charge < -0.3 is 10.6 Å². The molecule has 1 fully saturated rings. The van der Waals surface area contributed by atoms with Crippen molar-refractivity contribution in [1.29, 1.82) is 0 Å². The van der Waals surface area contributed by atoms with E-state index < -0.39 is 0 Å². The van der Waals surface area contributed by atoms with Crippen LogP contribution < -0.4 is 10.6 Å². The molecule has 0 aliphatic carbocycles. The van der Waals surface area contributed by atoms with E-state index in [4.69, 9.17) is 0 Å². The molecule has 1 aliphatic rings. The first-order chi connectivity index (χ1) is 13.3. The molecule has 0 spiro atoms. The molecule has 7 heteroatoms. The molecule has 7 nitrogen and oxygen atoms in total. The molecular weight excluding hydrogens is 340 g/mol. The molecule has 2 N–H and O–H groups in total. The van der Waals surface area contributed by atoms with Gasteiger partial charge in [0.05, 0.1) is 18.8 Å². The molecule has 3 heterocycles. The highest BCUT2D eigenvalue weighted by Crippen LogP contribution is 2.15. The van der Waals surface area contributed by atoms with Gasteiger partial charge in [0.15, 0.2) is 0 Å². The summed E-state index contributed by atoms with van der Waals surface area (Å²) in [7, 11) is 0. The minimum Gasteiger partial charge on any atom is -0.346 e. The molecule has 1 saturated heterocycles. The zero-order chi connectivity index (χ0) is 18.5. The molecule has 3 aromatic rings. The van der Waals surface area contributed by atoms with Gasteiger partial charge >= 0.3 is 0 Å². The van der Waals surface area contributed by atoms with Crippen LogP contribution in [0, 0.1) is 0 Å². The Bertz CT molecular complexity index is 879. The molecular formula is C20H24N6O. The van der Waals surface area contributed by atoms with E-state index in [1.165, 1.54) is 5.56 Å². The van der Waals surface area contributed by atoms with Crippen molar-refractivity contribution in [2.45, 2.75) is 32.0 Å². The van der Waals surface area contributed by atoms with Gasteiger partial charge in [-0.1, -0.05) is 30.3 Å². The quantitative estimate of drug-likeness (QED) is 0.701. The number of benzene rings is 1. The van der Waals surface area contributed by atoms with Gasteiger partial charge in [0.2, 0.25) is 0 Å². The van der Waals surface area contributed by atoms with Gasteiger partial charge in [-0.3, -0.25) is 14.2 Å². The maximum Gasteiger partial charge on any atom is 0.272 e. The van der Waals surface area contributed by atoms with E-state index in [0.717, 1.165) is 31.5 Å². The summed E-state index contributed by atoms with van der Waals surface area (Å²) in [6.07, 6.45) is 7.87. The zero-order valence-electron chi connectivity index (χ0n) is 15.2. The minimum absolute atomic E-state index is 0.159. The number of carbonyl (C=O) groups is 1. The van der Waals surface area contributed by atoms with Gasteiger partial charge in [-0.15, -0.1) is 0 Å². The fourth-order valence-corrected chi connectivity index (χ4v) is 3.35. The van der Waals surface area contributed by atoms with E-state index in [-0.39, 0.29) is 5.91 Å². The summed E-state index contributed by atoms with van der Waals surface area (Å²) in [5.41, 5.74) is 2.62. The molecule has 140 valence electrons. The molecule has 2 aromatic heterocycles. The van der Waals surface area contributed by atoms with Crippen LogP contribution in [0.15, 0.2) is 55.0 Å². The van der Waals surface area contributed by atoms with Crippen LogP contribution in [0.25, 0.3) is 0 Å². The number of nitrogens with one attached hydrogen (secondary N) is 2. The van der Waals surface area contributed by atoms with Crippen molar-refractivity contribution >= 4 is 5.91 Å². The normalized spacial score (nSPS) is 17.0. The van der Waals surface area contributed by atoms with E-state index in [9.17, 15) is 4.79 Å². The van der Waals surface area contributed by atoms with Gasteiger partial charge in [0, 0.05) is 31.0 Å². The summed E-state index contributed by atoms with van der Waals surface area (Å²) in [6.45, 7) is 3.12. The summed E-state index contributed by atoms with van der Waals surface area (Å²) in [5.74, 6) is -0.159. The summed E-state index contributed by atoms with van der Waals surface area (Å²) < 4.78 is 3.78. The lowest BCUT2D eigenvalue weighted by atomic mass is 10.1. The third-order valence-electron chi connectivity index (χ3n) is 4.81. The van der Waals surface area contributed by atoms with Gasteiger partial charge in [-0.2, -0.15) is 10.2 Å². The lowest BCUT2D eigenvalue weighted by molar-refractivity contribution is 0.0944. The Labute approximate surface area is 158 Å². The Morgan fingerprint density at radius 3 is 2.93 bits per heavy atom. The largest absolute Gasteiger partial charge is 0.346 e. The Morgan fingerprint density at radius 2 is 2.11 bits per heavy atom. The number of nitrogens with zero attached hydrogens (tertiary/aromatic N) is 4. The minimum atomic E-state index is -0.159. The summed E-state index contributed by atoms with van der Waals surface area (Å²) in [4.78, 5) is 12.4. The molecule has 0 bridgehead atoms. The second-order valence-electron chi connectivity index (χ2n) is 6.90. The molecule has 27 heavy (non-hydrogen) atoms. The van der Waals surface area contributed by atoms with Crippen molar-refractivity contribution in [1.82, 2.24) is 30.2 Å². The smallest absolute Gasteiger partial charge is 0.272 e. The third-order valence-corrected chi connectivity index (χ3v) is 4.81. The third kappa shape index (κ3) is 4.43. The maximum absolute atomic E-state index is 12.4. The van der Waals surface area contributed by atoms with Gasteiger partial charge in [0.1, 0.15) is 5.69 Å². The van der Waals surface area contributed by atoms with Crippen LogP contribution in [0.4, 0.5) is 0 Å². The highest BCUT2D eigenvalue weighted by atomic mass is 16.1. The van der Waals surface area contributed by atoms with Crippen LogP contribution in [0.5, 0.6) is 0 Å². The average molecular weight is 364 g/mol. The van der Waals surface area contributed by atoms with Crippen LogP contribution in [0.3, 0.4) is 0 Å². The SMILES string of the molecule is O=C(NCc1cnn(Cc2ccccc2)c1)c1ccn(C2CCCNC2)n1. The maximum atomic E-state index is 12.4. The first-order valence-electron chi connectivity index (χ1n) is 9.37. The first kappa shape index (κ1) is 17.5. The molecule has 4 rings (SSSR count). The molecule has 0 radical (unpaired) electrons. The van der Waals surface area contributed by atoms with E-state index in [2.05, 4.69) is 33.0 Å². The van der Waals surface area contributed by atoms with Crippen LogP contribution in [0.1, 0.15) is 40.5 Å². The standard InChI is InChI=1S/C20H24N6O/c27-20(19-8-10-26(24-19)18-7-4-9-21-13-18)22-11-17-12-23-25(15-17)14-16-5-2-1-3-6-16/h1-3,5-6,8,10,12,15,18,21H,4,7,9,11,13-14H2,(H,22,27). The van der Waals surface area contributed by atoms with Gasteiger partial charge in [-0.05, 0) is 31.0 Å². The van der Waals surface area contributed by atoms with Crippen molar-refractivity contribution in [2.75, 3.05) is 13.1 Å². The number of hydrogen-bond acceptors (Lipinski definition) is 4. The second kappa shape index (κ2) is 8.18. The van der Waals surface area contributed by atoms with Gasteiger partial charge in [-0.25, -0.2) is 0 Å². The number of amides is 1. The monoisotopic (exact) mass is 364 g/mol. The summed E-state index contributed by atoms with van der Waals surface area (Å²) in [6, 6.07) is 12.3. The van der Waals surface area contributed by atoms with Gasteiger partial charge in [0.25, 0.3) is 5.91 Å². The molecule has 1 aromatic carbocycles. The Hall–Kier alpha value is -2.93.